The molecule has 2 aliphatic heterocycles. The molecule has 218 valence electrons. The minimum atomic E-state index is -0.0560. The minimum absolute atomic E-state index is 0.0560. The molecule has 2 fully saturated rings. The predicted molar refractivity (Wildman–Crippen MR) is 162 cm³/mol. The molecule has 1 aromatic carbocycles. The second-order valence-electron chi connectivity index (χ2n) is 12.4. The van der Waals surface area contributed by atoms with E-state index in [1.165, 1.54) is 17.0 Å². The van der Waals surface area contributed by atoms with Gasteiger partial charge in [-0.25, -0.2) is 9.97 Å². The van der Waals surface area contributed by atoms with E-state index in [0.717, 1.165) is 76.1 Å². The number of likely N-dealkylation sites (tertiary alicyclic amines) is 1. The van der Waals surface area contributed by atoms with E-state index < -0.39 is 0 Å². The molecule has 5 rings (SSSR count). The second kappa shape index (κ2) is 12.1. The Hall–Kier alpha value is -2.52. The van der Waals surface area contributed by atoms with Gasteiger partial charge in [0.05, 0.1) is 6.04 Å². The largest absolute Gasteiger partial charge is 0.508 e. The number of benzene rings is 1. The Balaban J connectivity index is 1.35. The number of hydrogen-bond acceptors (Lipinski definition) is 7. The van der Waals surface area contributed by atoms with Crippen LogP contribution in [0.5, 0.6) is 5.75 Å². The Kier molecular flexibility index (Phi) is 8.80. The normalized spacial score (nSPS) is 23.2. The maximum atomic E-state index is 10.1. The van der Waals surface area contributed by atoms with Gasteiger partial charge in [-0.15, -0.1) is 0 Å². The van der Waals surface area contributed by atoms with Crippen LogP contribution in [-0.2, 0) is 18.6 Å². The molecule has 2 N–H and O–H groups in total. The van der Waals surface area contributed by atoms with Gasteiger partial charge in [0.15, 0.2) is 5.65 Å². The van der Waals surface area contributed by atoms with Gasteiger partial charge in [0.1, 0.15) is 17.1 Å². The van der Waals surface area contributed by atoms with Crippen molar-refractivity contribution in [3.05, 3.63) is 53.5 Å². The van der Waals surface area contributed by atoms with Crippen LogP contribution in [0.3, 0.4) is 0 Å². The van der Waals surface area contributed by atoms with Gasteiger partial charge in [-0.1, -0.05) is 25.5 Å². The van der Waals surface area contributed by atoms with Crippen LogP contribution in [-0.4, -0.2) is 86.7 Å². The van der Waals surface area contributed by atoms with Gasteiger partial charge in [-0.3, -0.25) is 14.7 Å². The fourth-order valence-corrected chi connectivity index (χ4v) is 7.22. The van der Waals surface area contributed by atoms with E-state index in [4.69, 9.17) is 9.97 Å². The monoisotopic (exact) mass is 547 g/mol. The number of pyridine rings is 1. The molecule has 4 heterocycles. The number of aromatic hydroxyl groups is 1. The highest BCUT2D eigenvalue weighted by molar-refractivity contribution is 5.72. The lowest BCUT2D eigenvalue weighted by molar-refractivity contribution is 0.0505. The Morgan fingerprint density at radius 1 is 1.10 bits per heavy atom. The molecule has 0 saturated carbocycles. The minimum Gasteiger partial charge on any atom is -0.508 e. The third kappa shape index (κ3) is 5.77. The van der Waals surface area contributed by atoms with Crippen LogP contribution in [0.4, 0.5) is 0 Å². The molecule has 8 nitrogen and oxygen atoms in total. The Morgan fingerprint density at radius 3 is 2.45 bits per heavy atom. The van der Waals surface area contributed by atoms with E-state index in [1.54, 1.807) is 6.07 Å². The highest BCUT2D eigenvalue weighted by Crippen LogP contribution is 2.39. The van der Waals surface area contributed by atoms with Gasteiger partial charge in [-0.2, -0.15) is 0 Å². The molecule has 8 heteroatoms. The number of aryl methyl sites for hydroxylation is 1. The smallest absolute Gasteiger partial charge is 0.160 e. The fraction of sp³-hybridized carbons (Fsp3) is 0.625. The van der Waals surface area contributed by atoms with E-state index >= 15 is 0 Å². The van der Waals surface area contributed by atoms with Crippen LogP contribution in [0, 0.1) is 0 Å². The standard InChI is InChI=1S/C32H49N7O/c1-7-10-29(38-20-23(3)34-24(4)21-38)31-35-28-17-25(19-33-30(28)39(31)8-2)22-37-15-13-32(14-16-37,36(5)6)26-11-9-12-27(40)18-26/h9,11-12,17-19,23-24,29,34,40H,7-8,10,13-16,20-22H2,1-6H3/t23-,24+,29-/m0/s1. The summed E-state index contributed by atoms with van der Waals surface area (Å²) < 4.78 is 2.35. The first-order chi connectivity index (χ1) is 19.2. The summed E-state index contributed by atoms with van der Waals surface area (Å²) in [7, 11) is 4.32. The Bertz CT molecular complexity index is 1270. The fourth-order valence-electron chi connectivity index (χ4n) is 7.22. The first kappa shape index (κ1) is 29.0. The molecule has 2 saturated heterocycles. The summed E-state index contributed by atoms with van der Waals surface area (Å²) in [6.45, 7) is 14.9. The highest BCUT2D eigenvalue weighted by atomic mass is 16.3. The van der Waals surface area contributed by atoms with Crippen LogP contribution in [0.2, 0.25) is 0 Å². The molecule has 0 amide bonds. The number of aromatic nitrogens is 3. The lowest BCUT2D eigenvalue weighted by Gasteiger charge is -2.46. The van der Waals surface area contributed by atoms with Crippen LogP contribution in [0.25, 0.3) is 11.2 Å². The predicted octanol–water partition coefficient (Wildman–Crippen LogP) is 4.73. The van der Waals surface area contributed by atoms with E-state index in [1.807, 2.05) is 12.1 Å². The maximum absolute atomic E-state index is 10.1. The summed E-state index contributed by atoms with van der Waals surface area (Å²) in [5.74, 6) is 1.51. The zero-order valence-corrected chi connectivity index (χ0v) is 25.4. The first-order valence-electron chi connectivity index (χ1n) is 15.3. The molecule has 0 radical (unpaired) electrons. The van der Waals surface area contributed by atoms with Crippen LogP contribution < -0.4 is 5.32 Å². The van der Waals surface area contributed by atoms with E-state index in [9.17, 15) is 5.11 Å². The van der Waals surface area contributed by atoms with Crippen LogP contribution in [0.15, 0.2) is 36.5 Å². The van der Waals surface area contributed by atoms with Gasteiger partial charge in [0, 0.05) is 63.1 Å². The Morgan fingerprint density at radius 2 is 1.82 bits per heavy atom. The molecule has 3 aromatic rings. The summed E-state index contributed by atoms with van der Waals surface area (Å²) in [5.41, 5.74) is 4.40. The van der Waals surface area contributed by atoms with Gasteiger partial charge in [-0.05, 0) is 83.5 Å². The van der Waals surface area contributed by atoms with Gasteiger partial charge in [0.25, 0.3) is 0 Å². The second-order valence-corrected chi connectivity index (χ2v) is 12.4. The number of nitrogens with one attached hydrogen (secondary N) is 1. The first-order valence-corrected chi connectivity index (χ1v) is 15.3. The third-order valence-electron chi connectivity index (χ3n) is 9.20. The molecular formula is C32H49N7O. The van der Waals surface area contributed by atoms with Gasteiger partial charge >= 0.3 is 0 Å². The molecule has 2 aliphatic rings. The molecule has 2 aromatic heterocycles. The zero-order valence-electron chi connectivity index (χ0n) is 25.4. The van der Waals surface area contributed by atoms with Crippen molar-refractivity contribution in [2.24, 2.45) is 0 Å². The maximum Gasteiger partial charge on any atom is 0.160 e. The quantitative estimate of drug-likeness (QED) is 0.401. The van der Waals surface area contributed by atoms with Crippen LogP contribution in [0.1, 0.15) is 76.4 Å². The van der Waals surface area contributed by atoms with E-state index in [0.29, 0.717) is 23.9 Å². The number of rotatable bonds is 9. The van der Waals surface area contributed by atoms with Crippen molar-refractivity contribution in [1.29, 1.82) is 0 Å². The van der Waals surface area contributed by atoms with Crippen molar-refractivity contribution in [1.82, 2.24) is 34.6 Å². The zero-order chi connectivity index (χ0) is 28.4. The summed E-state index contributed by atoms with van der Waals surface area (Å²) in [4.78, 5) is 17.7. The van der Waals surface area contributed by atoms with Gasteiger partial charge in [0.2, 0.25) is 0 Å². The van der Waals surface area contributed by atoms with Crippen molar-refractivity contribution < 1.29 is 5.11 Å². The lowest BCUT2D eigenvalue weighted by Crippen LogP contribution is -2.55. The highest BCUT2D eigenvalue weighted by Gasteiger charge is 2.38. The number of phenolic OH excluding ortho intramolecular Hbond substituents is 1. The Labute approximate surface area is 240 Å². The van der Waals surface area contributed by atoms with Crippen molar-refractivity contribution in [3.63, 3.8) is 0 Å². The molecule has 0 spiro atoms. The van der Waals surface area contributed by atoms with E-state index in [2.05, 4.69) is 84.7 Å². The number of hydrogen-bond donors (Lipinski definition) is 2. The molecule has 0 bridgehead atoms. The average molecular weight is 548 g/mol. The number of imidazole rings is 1. The van der Waals surface area contributed by atoms with Crippen LogP contribution >= 0.6 is 0 Å². The van der Waals surface area contributed by atoms with Crippen molar-refractivity contribution in [2.75, 3.05) is 40.3 Å². The number of piperazine rings is 1. The average Bonchev–Trinajstić information content (AvgIpc) is 3.29. The SMILES string of the molecule is CCC[C@@H](c1nc2cc(CN3CCC(c4cccc(O)c4)(N(C)C)CC3)cnc2n1CC)N1C[C@@H](C)N[C@@H](C)C1. The molecular weight excluding hydrogens is 498 g/mol. The summed E-state index contributed by atoms with van der Waals surface area (Å²) in [5, 5.41) is 13.8. The van der Waals surface area contributed by atoms with E-state index in [-0.39, 0.29) is 5.54 Å². The van der Waals surface area contributed by atoms with Crippen molar-refractivity contribution >= 4 is 11.2 Å². The molecule has 0 unspecified atom stereocenters. The molecule has 3 atom stereocenters. The van der Waals surface area contributed by atoms with Gasteiger partial charge < -0.3 is 15.0 Å². The number of phenols is 1. The third-order valence-corrected chi connectivity index (χ3v) is 9.20. The topological polar surface area (TPSA) is 72.7 Å². The number of nitrogens with zero attached hydrogens (tertiary/aromatic N) is 6. The number of piperidine rings is 1. The summed E-state index contributed by atoms with van der Waals surface area (Å²) >= 11 is 0. The van der Waals surface area contributed by atoms with Crippen molar-refractivity contribution in [2.45, 2.75) is 90.1 Å². The van der Waals surface area contributed by atoms with Crippen molar-refractivity contribution in [3.8, 4) is 5.75 Å². The summed E-state index contributed by atoms with van der Waals surface area (Å²) in [6, 6.07) is 11.4. The summed E-state index contributed by atoms with van der Waals surface area (Å²) in [6.07, 6.45) is 6.35. The lowest BCUT2D eigenvalue weighted by atomic mass is 9.79. The molecule has 40 heavy (non-hydrogen) atoms. The molecule has 0 aliphatic carbocycles. The number of fused-ring (bicyclic) bond motifs is 1.